The summed E-state index contributed by atoms with van der Waals surface area (Å²) in [5.74, 6) is 0.334. The lowest BCUT2D eigenvalue weighted by atomic mass is 10.1. The highest BCUT2D eigenvalue weighted by Crippen LogP contribution is 2.30. The first-order valence-corrected chi connectivity index (χ1v) is 7.38. The quantitative estimate of drug-likeness (QED) is 0.529. The lowest BCUT2D eigenvalue weighted by Gasteiger charge is -2.03. The molecule has 0 aliphatic heterocycles. The normalized spacial score (nSPS) is 10.7. The van der Waals surface area contributed by atoms with Crippen molar-refractivity contribution in [3.8, 4) is 11.3 Å². The maximum atomic E-state index is 6.21. The number of fused-ring (bicyclic) bond motifs is 1. The van der Waals surface area contributed by atoms with Gasteiger partial charge in [0, 0.05) is 11.8 Å². The van der Waals surface area contributed by atoms with E-state index >= 15 is 0 Å². The van der Waals surface area contributed by atoms with Gasteiger partial charge in [0.2, 0.25) is 0 Å². The lowest BCUT2D eigenvalue weighted by molar-refractivity contribution is 1.09. The van der Waals surface area contributed by atoms with Crippen LogP contribution >= 0.6 is 47.2 Å². The number of imidazole rings is 1. The zero-order valence-electron chi connectivity index (χ0n) is 11.1. The van der Waals surface area contributed by atoms with E-state index in [9.17, 15) is 0 Å². The first-order valence-electron chi connectivity index (χ1n) is 6.09. The van der Waals surface area contributed by atoms with E-state index in [0.29, 0.717) is 21.6 Å². The fraction of sp³-hybridized carbons (Fsp3) is 0.133. The molecular formula is C15H12Cl4N2. The molecule has 2 nitrogen and oxygen atoms in total. The molecule has 0 amide bonds. The van der Waals surface area contributed by atoms with Crippen molar-refractivity contribution in [2.75, 3.05) is 0 Å². The van der Waals surface area contributed by atoms with Crippen LogP contribution in [0.4, 0.5) is 0 Å². The third kappa shape index (κ3) is 3.00. The highest BCUT2D eigenvalue weighted by Gasteiger charge is 2.15. The Kier molecular flexibility index (Phi) is 5.05. The van der Waals surface area contributed by atoms with Crippen molar-refractivity contribution in [1.82, 2.24) is 9.38 Å². The van der Waals surface area contributed by atoms with E-state index in [1.54, 1.807) is 12.3 Å². The summed E-state index contributed by atoms with van der Waals surface area (Å²) in [4.78, 5) is 4.61. The molecule has 2 heterocycles. The maximum Gasteiger partial charge on any atom is 0.156 e. The lowest BCUT2D eigenvalue weighted by Crippen LogP contribution is -1.91. The molecule has 0 saturated carbocycles. The van der Waals surface area contributed by atoms with Crippen molar-refractivity contribution in [3.63, 3.8) is 0 Å². The molecule has 2 aromatic heterocycles. The van der Waals surface area contributed by atoms with Gasteiger partial charge in [0.15, 0.2) is 5.65 Å². The summed E-state index contributed by atoms with van der Waals surface area (Å²) >= 11 is 18.4. The molecule has 0 fully saturated rings. The number of hydrogen-bond acceptors (Lipinski definition) is 1. The van der Waals surface area contributed by atoms with Crippen molar-refractivity contribution >= 4 is 52.9 Å². The Bertz CT molecular complexity index is 778. The number of rotatable bonds is 2. The minimum absolute atomic E-state index is 0. The van der Waals surface area contributed by atoms with Crippen LogP contribution in [0.2, 0.25) is 10.0 Å². The van der Waals surface area contributed by atoms with Gasteiger partial charge >= 0.3 is 0 Å². The van der Waals surface area contributed by atoms with Gasteiger partial charge in [0.05, 0.1) is 27.3 Å². The Hall–Kier alpha value is -0.930. The molecule has 0 atom stereocenters. The average molecular weight is 362 g/mol. The first-order chi connectivity index (χ1) is 9.60. The summed E-state index contributed by atoms with van der Waals surface area (Å²) in [6.07, 6.45) is 1.78. The van der Waals surface area contributed by atoms with Gasteiger partial charge in [-0.3, -0.25) is 4.40 Å². The summed E-state index contributed by atoms with van der Waals surface area (Å²) in [5.41, 5.74) is 4.61. The van der Waals surface area contributed by atoms with Gasteiger partial charge in [-0.1, -0.05) is 53.0 Å². The van der Waals surface area contributed by atoms with E-state index in [1.807, 2.05) is 35.6 Å². The van der Waals surface area contributed by atoms with Gasteiger partial charge in [-0.05, 0) is 13.0 Å². The fourth-order valence-electron chi connectivity index (χ4n) is 2.19. The SMILES string of the molecule is Cc1ccc(-c2nc3c(Cl)cc(Cl)cn3c2CCl)cc1.Cl. The number of pyridine rings is 1. The highest BCUT2D eigenvalue weighted by molar-refractivity contribution is 6.36. The standard InChI is InChI=1S/C15H11Cl3N2.ClH/c1-9-2-4-10(5-3-9)14-13(7-16)20-8-11(17)6-12(18)15(20)19-14;/h2-6,8H,7H2,1H3;1H. The van der Waals surface area contributed by atoms with E-state index in [1.165, 1.54) is 5.56 Å². The van der Waals surface area contributed by atoms with Crippen LogP contribution in [0.1, 0.15) is 11.3 Å². The number of aryl methyl sites for hydroxylation is 1. The molecule has 0 aliphatic rings. The van der Waals surface area contributed by atoms with Gasteiger partial charge in [-0.15, -0.1) is 24.0 Å². The van der Waals surface area contributed by atoms with Crippen molar-refractivity contribution in [1.29, 1.82) is 0 Å². The third-order valence-electron chi connectivity index (χ3n) is 3.19. The van der Waals surface area contributed by atoms with E-state index < -0.39 is 0 Å². The van der Waals surface area contributed by atoms with Crippen LogP contribution in [0.25, 0.3) is 16.9 Å². The monoisotopic (exact) mass is 360 g/mol. The van der Waals surface area contributed by atoms with Gasteiger partial charge in [0.25, 0.3) is 0 Å². The minimum atomic E-state index is 0. The first kappa shape index (κ1) is 16.4. The van der Waals surface area contributed by atoms with Crippen LogP contribution in [-0.2, 0) is 5.88 Å². The number of nitrogens with zero attached hydrogens (tertiary/aromatic N) is 2. The molecule has 0 aliphatic carbocycles. The van der Waals surface area contributed by atoms with Crippen molar-refractivity contribution in [2.45, 2.75) is 12.8 Å². The molecule has 110 valence electrons. The third-order valence-corrected chi connectivity index (χ3v) is 3.93. The maximum absolute atomic E-state index is 6.21. The zero-order valence-corrected chi connectivity index (χ0v) is 14.2. The molecule has 6 heteroatoms. The molecule has 21 heavy (non-hydrogen) atoms. The molecule has 1 aromatic carbocycles. The molecule has 0 radical (unpaired) electrons. The van der Waals surface area contributed by atoms with Crippen LogP contribution in [0, 0.1) is 6.92 Å². The topological polar surface area (TPSA) is 17.3 Å². The Morgan fingerprint density at radius 1 is 1.14 bits per heavy atom. The molecule has 3 aromatic rings. The molecule has 0 N–H and O–H groups in total. The average Bonchev–Trinajstić information content (AvgIpc) is 2.78. The van der Waals surface area contributed by atoms with Gasteiger partial charge in [-0.25, -0.2) is 4.98 Å². The van der Waals surface area contributed by atoms with Crippen LogP contribution in [0.15, 0.2) is 36.5 Å². The van der Waals surface area contributed by atoms with E-state index in [2.05, 4.69) is 4.98 Å². The van der Waals surface area contributed by atoms with Crippen LogP contribution in [0.3, 0.4) is 0 Å². The Morgan fingerprint density at radius 2 is 1.81 bits per heavy atom. The molecule has 0 saturated heterocycles. The molecule has 0 unspecified atom stereocenters. The summed E-state index contributed by atoms with van der Waals surface area (Å²) < 4.78 is 1.85. The Balaban J connectivity index is 0.00000161. The smallest absolute Gasteiger partial charge is 0.156 e. The van der Waals surface area contributed by atoms with Crippen LogP contribution in [-0.4, -0.2) is 9.38 Å². The second kappa shape index (κ2) is 6.45. The number of halogens is 4. The zero-order chi connectivity index (χ0) is 14.3. The van der Waals surface area contributed by atoms with E-state index in [4.69, 9.17) is 34.8 Å². The van der Waals surface area contributed by atoms with Crippen molar-refractivity contribution < 1.29 is 0 Å². The largest absolute Gasteiger partial charge is 0.299 e. The molecule has 3 rings (SSSR count). The number of aromatic nitrogens is 2. The van der Waals surface area contributed by atoms with Crippen LogP contribution in [0.5, 0.6) is 0 Å². The number of benzene rings is 1. The van der Waals surface area contributed by atoms with Crippen LogP contribution < -0.4 is 0 Å². The Labute approximate surface area is 144 Å². The number of hydrogen-bond donors (Lipinski definition) is 0. The van der Waals surface area contributed by atoms with Crippen molar-refractivity contribution in [3.05, 3.63) is 57.8 Å². The van der Waals surface area contributed by atoms with E-state index in [-0.39, 0.29) is 12.4 Å². The summed E-state index contributed by atoms with van der Waals surface area (Å²) in [6, 6.07) is 9.84. The predicted octanol–water partition coefficient (Wildman–Crippen LogP) is 5.78. The van der Waals surface area contributed by atoms with E-state index in [0.717, 1.165) is 17.0 Å². The fourth-order valence-corrected chi connectivity index (χ4v) is 2.96. The van der Waals surface area contributed by atoms with Gasteiger partial charge in [0.1, 0.15) is 0 Å². The van der Waals surface area contributed by atoms with Crippen molar-refractivity contribution in [2.24, 2.45) is 0 Å². The summed E-state index contributed by atoms with van der Waals surface area (Å²) in [5, 5.41) is 1.07. The van der Waals surface area contributed by atoms with Gasteiger partial charge < -0.3 is 0 Å². The molecular weight excluding hydrogens is 350 g/mol. The molecule has 0 spiro atoms. The summed E-state index contributed by atoms with van der Waals surface area (Å²) in [7, 11) is 0. The highest BCUT2D eigenvalue weighted by atomic mass is 35.5. The second-order valence-electron chi connectivity index (χ2n) is 4.61. The predicted molar refractivity (Wildman–Crippen MR) is 92.2 cm³/mol. The molecule has 0 bridgehead atoms. The second-order valence-corrected chi connectivity index (χ2v) is 5.72. The number of alkyl halides is 1. The van der Waals surface area contributed by atoms with Gasteiger partial charge in [-0.2, -0.15) is 0 Å². The minimum Gasteiger partial charge on any atom is -0.299 e. The Morgan fingerprint density at radius 3 is 2.43 bits per heavy atom. The summed E-state index contributed by atoms with van der Waals surface area (Å²) in [6.45, 7) is 2.05.